The lowest BCUT2D eigenvalue weighted by atomic mass is 9.97. The molecule has 0 unspecified atom stereocenters. The summed E-state index contributed by atoms with van der Waals surface area (Å²) in [5.74, 6) is -1.33. The summed E-state index contributed by atoms with van der Waals surface area (Å²) in [5, 5.41) is 4.29. The first-order valence-electron chi connectivity index (χ1n) is 10.2. The molecule has 0 saturated carbocycles. The molecular weight excluding hydrogens is 435 g/mol. The molecule has 1 fully saturated rings. The number of amides is 2. The van der Waals surface area contributed by atoms with E-state index in [-0.39, 0.29) is 17.4 Å². The number of nitrogens with zero attached hydrogens (tertiary/aromatic N) is 3. The largest absolute Gasteiger partial charge is 0.338 e. The number of aldehydes is 1. The van der Waals surface area contributed by atoms with Crippen molar-refractivity contribution in [3.8, 4) is 0 Å². The minimum Gasteiger partial charge on any atom is -0.338 e. The van der Waals surface area contributed by atoms with Crippen molar-refractivity contribution in [3.63, 3.8) is 0 Å². The SMILES string of the molecule is CN/N=C(/Cc1ccc(F)c(C(=O)N2CCN(C(=O)CCl)CC2)c1)c1ccccc1C=O. The van der Waals surface area contributed by atoms with Gasteiger partial charge in [0.05, 0.1) is 11.3 Å². The van der Waals surface area contributed by atoms with E-state index in [1.54, 1.807) is 36.2 Å². The van der Waals surface area contributed by atoms with E-state index in [0.717, 1.165) is 6.29 Å². The molecule has 1 aliphatic rings. The summed E-state index contributed by atoms with van der Waals surface area (Å²) in [6.45, 7) is 1.34. The van der Waals surface area contributed by atoms with Crippen LogP contribution >= 0.6 is 11.6 Å². The molecule has 0 radical (unpaired) electrons. The molecule has 9 heteroatoms. The van der Waals surface area contributed by atoms with Crippen molar-refractivity contribution in [2.75, 3.05) is 39.1 Å². The number of alkyl halides is 1. The Kier molecular flexibility index (Phi) is 7.94. The van der Waals surface area contributed by atoms with Gasteiger partial charge in [-0.15, -0.1) is 11.6 Å². The molecule has 7 nitrogen and oxygen atoms in total. The van der Waals surface area contributed by atoms with Crippen LogP contribution in [0.25, 0.3) is 0 Å². The molecule has 0 atom stereocenters. The van der Waals surface area contributed by atoms with Crippen LogP contribution in [0.1, 0.15) is 31.8 Å². The molecule has 0 aromatic heterocycles. The average molecular weight is 459 g/mol. The summed E-state index contributed by atoms with van der Waals surface area (Å²) in [7, 11) is 1.65. The summed E-state index contributed by atoms with van der Waals surface area (Å²) in [6, 6.07) is 11.4. The highest BCUT2D eigenvalue weighted by atomic mass is 35.5. The summed E-state index contributed by atoms with van der Waals surface area (Å²) < 4.78 is 14.5. The van der Waals surface area contributed by atoms with Gasteiger partial charge in [0.15, 0.2) is 6.29 Å². The third-order valence-electron chi connectivity index (χ3n) is 5.31. The number of hydrogen-bond acceptors (Lipinski definition) is 5. The first-order valence-corrected chi connectivity index (χ1v) is 10.7. The highest BCUT2D eigenvalue weighted by molar-refractivity contribution is 6.27. The quantitative estimate of drug-likeness (QED) is 0.299. The van der Waals surface area contributed by atoms with Gasteiger partial charge in [-0.05, 0) is 17.7 Å². The lowest BCUT2D eigenvalue weighted by Crippen LogP contribution is -2.51. The predicted molar refractivity (Wildman–Crippen MR) is 121 cm³/mol. The summed E-state index contributed by atoms with van der Waals surface area (Å²) >= 11 is 5.59. The van der Waals surface area contributed by atoms with Crippen LogP contribution in [0.4, 0.5) is 4.39 Å². The van der Waals surface area contributed by atoms with E-state index >= 15 is 0 Å². The zero-order chi connectivity index (χ0) is 23.1. The maximum atomic E-state index is 14.5. The van der Waals surface area contributed by atoms with Crippen LogP contribution in [0.15, 0.2) is 47.6 Å². The number of halogens is 2. The third-order valence-corrected chi connectivity index (χ3v) is 5.54. The van der Waals surface area contributed by atoms with E-state index in [2.05, 4.69) is 10.5 Å². The number of rotatable bonds is 7. The van der Waals surface area contributed by atoms with E-state index in [9.17, 15) is 18.8 Å². The first-order chi connectivity index (χ1) is 15.5. The van der Waals surface area contributed by atoms with Gasteiger partial charge in [0.1, 0.15) is 11.7 Å². The van der Waals surface area contributed by atoms with E-state index < -0.39 is 11.7 Å². The van der Waals surface area contributed by atoms with Gasteiger partial charge in [0, 0.05) is 50.8 Å². The van der Waals surface area contributed by atoms with Crippen LogP contribution in [0.3, 0.4) is 0 Å². The summed E-state index contributed by atoms with van der Waals surface area (Å²) in [4.78, 5) is 39.2. The fraction of sp³-hybridized carbons (Fsp3) is 0.304. The lowest BCUT2D eigenvalue weighted by molar-refractivity contribution is -0.129. The number of hydrogen-bond donors (Lipinski definition) is 1. The Morgan fingerprint density at radius 3 is 2.44 bits per heavy atom. The van der Waals surface area contributed by atoms with Crippen molar-refractivity contribution in [2.24, 2.45) is 5.10 Å². The Labute approximate surface area is 190 Å². The predicted octanol–water partition coefficient (Wildman–Crippen LogP) is 2.33. The first kappa shape index (κ1) is 23.4. The number of nitrogens with one attached hydrogen (secondary N) is 1. The lowest BCUT2D eigenvalue weighted by Gasteiger charge is -2.34. The molecule has 1 saturated heterocycles. The Morgan fingerprint density at radius 2 is 1.78 bits per heavy atom. The Balaban J connectivity index is 1.81. The van der Waals surface area contributed by atoms with Crippen molar-refractivity contribution >= 4 is 35.4 Å². The van der Waals surface area contributed by atoms with Crippen LogP contribution < -0.4 is 5.43 Å². The number of carbonyl (C=O) groups excluding carboxylic acids is 3. The van der Waals surface area contributed by atoms with Gasteiger partial charge in [-0.3, -0.25) is 14.4 Å². The molecule has 0 spiro atoms. The number of piperazine rings is 1. The van der Waals surface area contributed by atoms with Crippen LogP contribution in [0.5, 0.6) is 0 Å². The van der Waals surface area contributed by atoms with Crippen LogP contribution in [0, 0.1) is 5.82 Å². The fourth-order valence-electron chi connectivity index (χ4n) is 3.65. The second-order valence-corrected chi connectivity index (χ2v) is 7.55. The zero-order valence-electron chi connectivity index (χ0n) is 17.7. The van der Waals surface area contributed by atoms with Gasteiger partial charge in [0.2, 0.25) is 5.91 Å². The van der Waals surface area contributed by atoms with Crippen molar-refractivity contribution in [1.82, 2.24) is 15.2 Å². The van der Waals surface area contributed by atoms with E-state index in [4.69, 9.17) is 11.6 Å². The maximum absolute atomic E-state index is 14.5. The Bertz CT molecular complexity index is 1040. The van der Waals surface area contributed by atoms with E-state index in [1.807, 2.05) is 6.07 Å². The van der Waals surface area contributed by atoms with Crippen LogP contribution in [-0.2, 0) is 11.2 Å². The molecule has 1 heterocycles. The monoisotopic (exact) mass is 458 g/mol. The summed E-state index contributed by atoms with van der Waals surface area (Å²) in [5.41, 5.74) is 5.13. The third kappa shape index (κ3) is 5.31. The fourth-order valence-corrected chi connectivity index (χ4v) is 3.81. The van der Waals surface area contributed by atoms with Crippen molar-refractivity contribution in [3.05, 3.63) is 70.5 Å². The second-order valence-electron chi connectivity index (χ2n) is 7.28. The van der Waals surface area contributed by atoms with E-state index in [1.165, 1.54) is 17.0 Å². The van der Waals surface area contributed by atoms with Crippen LogP contribution in [-0.4, -0.2) is 72.7 Å². The normalized spacial score (nSPS) is 14.3. The molecule has 1 aliphatic heterocycles. The number of carbonyl (C=O) groups is 3. The number of hydrazone groups is 1. The van der Waals surface area contributed by atoms with Gasteiger partial charge in [-0.2, -0.15) is 5.10 Å². The molecule has 2 aromatic carbocycles. The molecular formula is C23H24ClFN4O3. The van der Waals surface area contributed by atoms with Gasteiger partial charge in [-0.1, -0.05) is 30.3 Å². The van der Waals surface area contributed by atoms with Gasteiger partial charge >= 0.3 is 0 Å². The average Bonchev–Trinajstić information content (AvgIpc) is 2.84. The van der Waals surface area contributed by atoms with Crippen molar-refractivity contribution in [1.29, 1.82) is 0 Å². The smallest absolute Gasteiger partial charge is 0.256 e. The second kappa shape index (κ2) is 10.9. The zero-order valence-corrected chi connectivity index (χ0v) is 18.4. The number of benzene rings is 2. The van der Waals surface area contributed by atoms with E-state index in [0.29, 0.717) is 55.0 Å². The molecule has 2 amide bonds. The molecule has 0 aliphatic carbocycles. The van der Waals surface area contributed by atoms with Crippen LogP contribution in [0.2, 0.25) is 0 Å². The van der Waals surface area contributed by atoms with Gasteiger partial charge in [0.25, 0.3) is 5.91 Å². The standard InChI is InChI=1S/C23H24ClFN4O3/c1-26-27-21(18-5-3-2-4-17(18)15-30)13-16-6-7-20(25)19(12-16)23(32)29-10-8-28(9-11-29)22(31)14-24/h2-7,12,15,26H,8-11,13-14H2,1H3/b27-21-. The maximum Gasteiger partial charge on any atom is 0.256 e. The molecule has 32 heavy (non-hydrogen) atoms. The minimum absolute atomic E-state index is 0.0351. The molecule has 168 valence electrons. The summed E-state index contributed by atoms with van der Waals surface area (Å²) in [6.07, 6.45) is 1.05. The topological polar surface area (TPSA) is 82.1 Å². The van der Waals surface area contributed by atoms with Gasteiger partial charge in [-0.25, -0.2) is 4.39 Å². The minimum atomic E-state index is -0.613. The molecule has 1 N–H and O–H groups in total. The molecule has 2 aromatic rings. The Morgan fingerprint density at radius 1 is 1.09 bits per heavy atom. The molecule has 0 bridgehead atoms. The van der Waals surface area contributed by atoms with Crippen molar-refractivity contribution in [2.45, 2.75) is 6.42 Å². The van der Waals surface area contributed by atoms with Crippen molar-refractivity contribution < 1.29 is 18.8 Å². The van der Waals surface area contributed by atoms with Gasteiger partial charge < -0.3 is 15.2 Å². The highest BCUT2D eigenvalue weighted by Crippen LogP contribution is 2.18. The molecule has 3 rings (SSSR count). The Hall–Kier alpha value is -3.26. The highest BCUT2D eigenvalue weighted by Gasteiger charge is 2.26.